The minimum Gasteiger partial charge on any atom is -0.371 e. The molecule has 1 N–H and O–H groups in total. The van der Waals surface area contributed by atoms with Gasteiger partial charge in [0.1, 0.15) is 0 Å². The van der Waals surface area contributed by atoms with Crippen molar-refractivity contribution in [3.63, 3.8) is 0 Å². The number of hydrogen-bond acceptors (Lipinski definition) is 3. The lowest BCUT2D eigenvalue weighted by Gasteiger charge is -2.35. The van der Waals surface area contributed by atoms with Gasteiger partial charge in [0, 0.05) is 49.0 Å². The van der Waals surface area contributed by atoms with Gasteiger partial charge in [-0.05, 0) is 63.3 Å². The molecule has 0 aromatic heterocycles. The Bertz CT molecular complexity index is 623. The number of piperidine rings is 1. The van der Waals surface area contributed by atoms with Gasteiger partial charge in [0.15, 0.2) is 0 Å². The van der Waals surface area contributed by atoms with E-state index in [4.69, 9.17) is 0 Å². The van der Waals surface area contributed by atoms with E-state index in [-0.39, 0.29) is 5.91 Å². The summed E-state index contributed by atoms with van der Waals surface area (Å²) in [4.78, 5) is 16.5. The molecule has 3 aliphatic rings. The largest absolute Gasteiger partial charge is 0.371 e. The molecule has 1 atom stereocenters. The number of nitrogens with zero attached hydrogens (tertiary/aromatic N) is 2. The fraction of sp³-hybridized carbons (Fsp3) is 0.571. The average Bonchev–Trinajstić information content (AvgIpc) is 3.26. The van der Waals surface area contributed by atoms with Crippen LogP contribution in [-0.4, -0.2) is 37.1 Å². The van der Waals surface area contributed by atoms with Crippen molar-refractivity contribution in [3.8, 4) is 0 Å². The van der Waals surface area contributed by atoms with Gasteiger partial charge >= 0.3 is 0 Å². The number of benzene rings is 1. The van der Waals surface area contributed by atoms with E-state index < -0.39 is 0 Å². The zero-order valence-corrected chi connectivity index (χ0v) is 15.2. The first-order valence-electron chi connectivity index (χ1n) is 9.79. The molecule has 0 radical (unpaired) electrons. The number of carbonyl (C=O) groups excluding carboxylic acids is 1. The highest BCUT2D eigenvalue weighted by Crippen LogP contribution is 2.29. The smallest absolute Gasteiger partial charge is 0.227 e. The lowest BCUT2D eigenvalue weighted by molar-refractivity contribution is -0.117. The summed E-state index contributed by atoms with van der Waals surface area (Å²) in [5, 5.41) is 3.81. The molecule has 134 valence electrons. The van der Waals surface area contributed by atoms with E-state index in [0.717, 1.165) is 25.2 Å². The lowest BCUT2D eigenvalue weighted by atomic mass is 10.0. The second kappa shape index (κ2) is 7.20. The van der Waals surface area contributed by atoms with Crippen LogP contribution in [0.2, 0.25) is 0 Å². The van der Waals surface area contributed by atoms with Crippen molar-refractivity contribution in [1.82, 2.24) is 5.32 Å². The second-order valence-electron chi connectivity index (χ2n) is 7.74. The van der Waals surface area contributed by atoms with Gasteiger partial charge in [-0.15, -0.1) is 0 Å². The highest BCUT2D eigenvalue weighted by atomic mass is 16.2. The Morgan fingerprint density at radius 3 is 2.16 bits per heavy atom. The Morgan fingerprint density at radius 1 is 0.920 bits per heavy atom. The molecule has 1 amide bonds. The van der Waals surface area contributed by atoms with Crippen molar-refractivity contribution in [2.24, 2.45) is 0 Å². The Morgan fingerprint density at radius 2 is 1.56 bits per heavy atom. The normalized spacial score (nSPS) is 25.3. The van der Waals surface area contributed by atoms with Gasteiger partial charge in [-0.25, -0.2) is 0 Å². The van der Waals surface area contributed by atoms with E-state index in [9.17, 15) is 4.79 Å². The predicted molar refractivity (Wildman–Crippen MR) is 103 cm³/mol. The number of anilines is 2. The van der Waals surface area contributed by atoms with Crippen molar-refractivity contribution in [2.75, 3.05) is 22.9 Å². The zero-order valence-electron chi connectivity index (χ0n) is 15.2. The second-order valence-corrected chi connectivity index (χ2v) is 7.74. The van der Waals surface area contributed by atoms with E-state index in [1.165, 1.54) is 31.4 Å². The summed E-state index contributed by atoms with van der Waals surface area (Å²) in [6.07, 6.45) is 11.0. The third kappa shape index (κ3) is 3.59. The van der Waals surface area contributed by atoms with Crippen LogP contribution in [0.15, 0.2) is 36.4 Å². The fourth-order valence-electron chi connectivity index (χ4n) is 4.44. The number of hydrogen-bond donors (Lipinski definition) is 1. The van der Waals surface area contributed by atoms with Gasteiger partial charge in [0.05, 0.1) is 0 Å². The van der Waals surface area contributed by atoms with E-state index >= 15 is 0 Å². The summed E-state index contributed by atoms with van der Waals surface area (Å²) in [5.41, 5.74) is 2.33. The Labute approximate surface area is 150 Å². The van der Waals surface area contributed by atoms with E-state index in [1.54, 1.807) is 0 Å². The molecule has 2 fully saturated rings. The molecule has 0 bridgehead atoms. The molecule has 4 nitrogen and oxygen atoms in total. The number of amides is 1. The van der Waals surface area contributed by atoms with Crippen LogP contribution in [0.1, 0.15) is 45.4 Å². The SMILES string of the molecule is C[C@@H]1CCC(=O)N1c1ccc(N2CCC(NC3CC=CC3)CC2)cc1. The highest BCUT2D eigenvalue weighted by Gasteiger charge is 2.29. The van der Waals surface area contributed by atoms with Gasteiger partial charge < -0.3 is 15.1 Å². The number of nitrogens with one attached hydrogen (secondary N) is 1. The quantitative estimate of drug-likeness (QED) is 0.853. The minimum absolute atomic E-state index is 0.258. The van der Waals surface area contributed by atoms with Crippen molar-refractivity contribution < 1.29 is 4.79 Å². The Kier molecular flexibility index (Phi) is 4.80. The average molecular weight is 339 g/mol. The maximum absolute atomic E-state index is 12.1. The summed E-state index contributed by atoms with van der Waals surface area (Å²) >= 11 is 0. The van der Waals surface area contributed by atoms with Crippen LogP contribution in [0.4, 0.5) is 11.4 Å². The molecule has 4 rings (SSSR count). The van der Waals surface area contributed by atoms with Gasteiger partial charge in [0.2, 0.25) is 5.91 Å². The molecular weight excluding hydrogens is 310 g/mol. The molecular formula is C21H29N3O. The third-order valence-electron chi connectivity index (χ3n) is 5.95. The van der Waals surface area contributed by atoms with Crippen molar-refractivity contribution in [2.45, 2.75) is 63.6 Å². The van der Waals surface area contributed by atoms with E-state index in [0.29, 0.717) is 24.5 Å². The molecule has 2 heterocycles. The molecule has 25 heavy (non-hydrogen) atoms. The Hall–Kier alpha value is -1.81. The van der Waals surface area contributed by atoms with Crippen LogP contribution in [0, 0.1) is 0 Å². The number of rotatable bonds is 4. The fourth-order valence-corrected chi connectivity index (χ4v) is 4.44. The highest BCUT2D eigenvalue weighted by molar-refractivity contribution is 5.96. The molecule has 0 spiro atoms. The maximum Gasteiger partial charge on any atom is 0.227 e. The van der Waals surface area contributed by atoms with Crippen LogP contribution in [0.5, 0.6) is 0 Å². The molecule has 1 aromatic rings. The monoisotopic (exact) mass is 339 g/mol. The Balaban J connectivity index is 1.33. The summed E-state index contributed by atoms with van der Waals surface area (Å²) in [5.74, 6) is 0.258. The first-order valence-corrected chi connectivity index (χ1v) is 9.79. The van der Waals surface area contributed by atoms with Gasteiger partial charge in [-0.2, -0.15) is 0 Å². The molecule has 0 saturated carbocycles. The maximum atomic E-state index is 12.1. The molecule has 1 aromatic carbocycles. The summed E-state index contributed by atoms with van der Waals surface area (Å²) in [7, 11) is 0. The van der Waals surface area contributed by atoms with Crippen LogP contribution >= 0.6 is 0 Å². The minimum atomic E-state index is 0.258. The summed E-state index contributed by atoms with van der Waals surface area (Å²) in [6, 6.07) is 10.2. The van der Waals surface area contributed by atoms with Crippen molar-refractivity contribution >= 4 is 17.3 Å². The summed E-state index contributed by atoms with van der Waals surface area (Å²) < 4.78 is 0. The standard InChI is InChI=1S/C21H29N3O/c1-16-6-11-21(25)24(16)20-9-7-19(8-10-20)23-14-12-18(13-15-23)22-17-4-2-3-5-17/h2-3,7-10,16-18,22H,4-6,11-15H2,1H3/t16-/m1/s1. The van der Waals surface area contributed by atoms with Crippen molar-refractivity contribution in [3.05, 3.63) is 36.4 Å². The van der Waals surface area contributed by atoms with Crippen LogP contribution in [0.25, 0.3) is 0 Å². The topological polar surface area (TPSA) is 35.6 Å². The first kappa shape index (κ1) is 16.6. The van der Waals surface area contributed by atoms with Crippen molar-refractivity contribution in [1.29, 1.82) is 0 Å². The van der Waals surface area contributed by atoms with Crippen LogP contribution in [0.3, 0.4) is 0 Å². The number of carbonyl (C=O) groups is 1. The van der Waals surface area contributed by atoms with E-state index in [2.05, 4.69) is 53.6 Å². The third-order valence-corrected chi connectivity index (χ3v) is 5.95. The molecule has 2 aliphatic heterocycles. The van der Waals surface area contributed by atoms with Crippen LogP contribution < -0.4 is 15.1 Å². The molecule has 2 saturated heterocycles. The van der Waals surface area contributed by atoms with E-state index in [1.807, 2.05) is 4.90 Å². The molecule has 0 unspecified atom stereocenters. The zero-order chi connectivity index (χ0) is 17.2. The summed E-state index contributed by atoms with van der Waals surface area (Å²) in [6.45, 7) is 4.35. The molecule has 1 aliphatic carbocycles. The van der Waals surface area contributed by atoms with Gasteiger partial charge in [0.25, 0.3) is 0 Å². The molecule has 4 heteroatoms. The first-order chi connectivity index (χ1) is 12.2. The lowest BCUT2D eigenvalue weighted by Crippen LogP contribution is -2.45. The van der Waals surface area contributed by atoms with Crippen LogP contribution in [-0.2, 0) is 4.79 Å². The predicted octanol–water partition coefficient (Wildman–Crippen LogP) is 3.48. The van der Waals surface area contributed by atoms with Gasteiger partial charge in [-0.1, -0.05) is 12.2 Å². The van der Waals surface area contributed by atoms with Gasteiger partial charge in [-0.3, -0.25) is 4.79 Å².